The van der Waals surface area contributed by atoms with Gasteiger partial charge in [0.15, 0.2) is 5.65 Å². The summed E-state index contributed by atoms with van der Waals surface area (Å²) in [7, 11) is 0. The molecule has 1 atom stereocenters. The van der Waals surface area contributed by atoms with Crippen LogP contribution in [0.15, 0.2) is 12.4 Å². The minimum atomic E-state index is -0.667. The van der Waals surface area contributed by atoms with E-state index >= 15 is 0 Å². The molecule has 10 nitrogen and oxygen atoms in total. The number of ether oxygens (including phenoxy) is 1. The van der Waals surface area contributed by atoms with E-state index in [0.29, 0.717) is 55.2 Å². The number of nitrogens with zero attached hydrogens (tertiary/aromatic N) is 4. The van der Waals surface area contributed by atoms with Crippen LogP contribution in [0.3, 0.4) is 0 Å². The lowest BCUT2D eigenvalue weighted by Crippen LogP contribution is -2.56. The molecule has 2 aromatic rings. The second kappa shape index (κ2) is 9.83. The summed E-state index contributed by atoms with van der Waals surface area (Å²) >= 11 is 0. The van der Waals surface area contributed by atoms with Gasteiger partial charge in [0.25, 0.3) is 5.91 Å². The fraction of sp³-hybridized carbons (Fsp3) is 0.640. The molecule has 1 saturated heterocycles. The summed E-state index contributed by atoms with van der Waals surface area (Å²) < 4.78 is 5.44. The van der Waals surface area contributed by atoms with Crippen molar-refractivity contribution in [3.63, 3.8) is 0 Å². The lowest BCUT2D eigenvalue weighted by Gasteiger charge is -2.37. The van der Waals surface area contributed by atoms with Gasteiger partial charge in [-0.2, -0.15) is 0 Å². The third-order valence-electron chi connectivity index (χ3n) is 6.19. The zero-order valence-corrected chi connectivity index (χ0v) is 21.3. The first kappa shape index (κ1) is 24.9. The Morgan fingerprint density at radius 2 is 1.80 bits per heavy atom. The third kappa shape index (κ3) is 6.10. The van der Waals surface area contributed by atoms with Gasteiger partial charge in [0, 0.05) is 38.3 Å². The summed E-state index contributed by atoms with van der Waals surface area (Å²) in [6.45, 7) is 11.1. The molecule has 0 radical (unpaired) electrons. The Morgan fingerprint density at radius 3 is 2.40 bits per heavy atom. The highest BCUT2D eigenvalue weighted by Gasteiger charge is 2.33. The highest BCUT2D eigenvalue weighted by Crippen LogP contribution is 2.39. The molecule has 190 valence electrons. The molecule has 0 unspecified atom stereocenters. The van der Waals surface area contributed by atoms with Crippen molar-refractivity contribution in [2.45, 2.75) is 71.4 Å². The first-order valence-electron chi connectivity index (χ1n) is 12.4. The number of nitrogens with one attached hydrogen (secondary N) is 2. The Bertz CT molecular complexity index is 1090. The smallest absolute Gasteiger partial charge is 0.410 e. The van der Waals surface area contributed by atoms with E-state index < -0.39 is 11.6 Å². The third-order valence-corrected chi connectivity index (χ3v) is 6.19. The minimum absolute atomic E-state index is 0.138. The molecule has 2 fully saturated rings. The van der Waals surface area contributed by atoms with Crippen molar-refractivity contribution >= 4 is 29.1 Å². The number of fused-ring (bicyclic) bond motifs is 1. The second-order valence-corrected chi connectivity index (χ2v) is 10.9. The molecule has 35 heavy (non-hydrogen) atoms. The van der Waals surface area contributed by atoms with Gasteiger partial charge in [0.2, 0.25) is 5.91 Å². The van der Waals surface area contributed by atoms with Crippen LogP contribution in [0.4, 0.5) is 4.79 Å². The van der Waals surface area contributed by atoms with Gasteiger partial charge in [-0.25, -0.2) is 14.8 Å². The van der Waals surface area contributed by atoms with Gasteiger partial charge in [-0.3, -0.25) is 9.59 Å². The Hall–Kier alpha value is -3.17. The van der Waals surface area contributed by atoms with Crippen LogP contribution in [0.5, 0.6) is 0 Å². The van der Waals surface area contributed by atoms with E-state index in [2.05, 4.69) is 20.3 Å². The molecule has 10 heteroatoms. The standard InChI is InChI=1S/C25H36N6O4/c1-15(2)12-18(23(33)30-8-10-31(11-9-30)24(34)35-25(3,4)5)29-22(32)17-13-26-21-20(17)28-19(14-27-21)16-6-7-16/h13-16,18H,6-12H2,1-5H3,(H,26,27)(H,29,32)/t18-/m1/s1. The summed E-state index contributed by atoms with van der Waals surface area (Å²) in [4.78, 5) is 54.4. The largest absolute Gasteiger partial charge is 0.444 e. The highest BCUT2D eigenvalue weighted by molar-refractivity contribution is 6.05. The first-order valence-corrected chi connectivity index (χ1v) is 12.4. The van der Waals surface area contributed by atoms with Crippen molar-refractivity contribution < 1.29 is 19.1 Å². The van der Waals surface area contributed by atoms with Crippen molar-refractivity contribution in [3.8, 4) is 0 Å². The SMILES string of the molecule is CC(C)C[C@@H](NC(=O)c1c[nH]c2ncc(C3CC3)nc12)C(=O)N1CCN(C(=O)OC(C)(C)C)CC1. The number of carbonyl (C=O) groups is 3. The maximum absolute atomic E-state index is 13.4. The number of aromatic nitrogens is 3. The maximum atomic E-state index is 13.4. The van der Waals surface area contributed by atoms with Crippen LogP contribution in [0.2, 0.25) is 0 Å². The van der Waals surface area contributed by atoms with Crippen LogP contribution >= 0.6 is 0 Å². The average Bonchev–Trinajstić information content (AvgIpc) is 3.55. The number of carbonyl (C=O) groups excluding carboxylic acids is 3. The predicted molar refractivity (Wildman–Crippen MR) is 131 cm³/mol. The Kier molecular flexibility index (Phi) is 7.00. The number of piperazine rings is 1. The van der Waals surface area contributed by atoms with Crippen LogP contribution in [0.25, 0.3) is 11.2 Å². The van der Waals surface area contributed by atoms with E-state index in [1.807, 2.05) is 34.6 Å². The Balaban J connectivity index is 1.42. The van der Waals surface area contributed by atoms with Gasteiger partial charge in [-0.05, 0) is 46.0 Å². The monoisotopic (exact) mass is 484 g/mol. The fourth-order valence-corrected chi connectivity index (χ4v) is 4.24. The van der Waals surface area contributed by atoms with Crippen LogP contribution < -0.4 is 5.32 Å². The molecule has 2 N–H and O–H groups in total. The van der Waals surface area contributed by atoms with Crippen molar-refractivity contribution in [2.24, 2.45) is 5.92 Å². The summed E-state index contributed by atoms with van der Waals surface area (Å²) in [5, 5.41) is 2.95. The number of aromatic amines is 1. The quantitative estimate of drug-likeness (QED) is 0.650. The van der Waals surface area contributed by atoms with Crippen molar-refractivity contribution in [2.75, 3.05) is 26.2 Å². The zero-order chi connectivity index (χ0) is 25.3. The van der Waals surface area contributed by atoms with Crippen LogP contribution in [0, 0.1) is 5.92 Å². The molecular formula is C25H36N6O4. The average molecular weight is 485 g/mol. The molecule has 1 aliphatic carbocycles. The lowest BCUT2D eigenvalue weighted by atomic mass is 10.0. The maximum Gasteiger partial charge on any atom is 0.410 e. The van der Waals surface area contributed by atoms with E-state index in [4.69, 9.17) is 4.74 Å². The Morgan fingerprint density at radius 1 is 1.14 bits per heavy atom. The second-order valence-electron chi connectivity index (χ2n) is 10.9. The van der Waals surface area contributed by atoms with Crippen LogP contribution in [-0.4, -0.2) is 80.5 Å². The minimum Gasteiger partial charge on any atom is -0.444 e. The fourth-order valence-electron chi connectivity index (χ4n) is 4.24. The molecule has 1 aliphatic heterocycles. The predicted octanol–water partition coefficient (Wildman–Crippen LogP) is 3.06. The molecule has 0 bridgehead atoms. The number of rotatable bonds is 6. The molecule has 0 aromatic carbocycles. The van der Waals surface area contributed by atoms with Crippen LogP contribution in [-0.2, 0) is 9.53 Å². The summed E-state index contributed by atoms with van der Waals surface area (Å²) in [5.74, 6) is 0.147. The van der Waals surface area contributed by atoms with E-state index in [1.54, 1.807) is 22.2 Å². The topological polar surface area (TPSA) is 121 Å². The summed E-state index contributed by atoms with van der Waals surface area (Å²) in [6, 6.07) is -0.667. The lowest BCUT2D eigenvalue weighted by molar-refractivity contribution is -0.135. The van der Waals surface area contributed by atoms with Gasteiger partial charge in [0.1, 0.15) is 17.2 Å². The molecule has 1 saturated carbocycles. The van der Waals surface area contributed by atoms with E-state index in [9.17, 15) is 14.4 Å². The summed E-state index contributed by atoms with van der Waals surface area (Å²) in [5.41, 5.74) is 1.83. The van der Waals surface area contributed by atoms with Gasteiger partial charge in [-0.1, -0.05) is 13.8 Å². The molecule has 3 amide bonds. The first-order chi connectivity index (χ1) is 16.5. The zero-order valence-electron chi connectivity index (χ0n) is 21.3. The van der Waals surface area contributed by atoms with Gasteiger partial charge in [-0.15, -0.1) is 0 Å². The van der Waals surface area contributed by atoms with E-state index in [0.717, 1.165) is 18.5 Å². The normalized spacial score (nSPS) is 17.5. The molecule has 4 rings (SSSR count). The van der Waals surface area contributed by atoms with Crippen molar-refractivity contribution in [1.29, 1.82) is 0 Å². The number of amides is 3. The molecular weight excluding hydrogens is 448 g/mol. The highest BCUT2D eigenvalue weighted by atomic mass is 16.6. The summed E-state index contributed by atoms with van der Waals surface area (Å²) in [6.07, 6.45) is 5.70. The number of hydrogen-bond acceptors (Lipinski definition) is 6. The van der Waals surface area contributed by atoms with Gasteiger partial charge < -0.3 is 24.8 Å². The van der Waals surface area contributed by atoms with Gasteiger partial charge in [0.05, 0.1) is 17.5 Å². The number of H-pyrrole nitrogens is 1. The van der Waals surface area contributed by atoms with Crippen molar-refractivity contribution in [3.05, 3.63) is 23.7 Å². The molecule has 3 heterocycles. The van der Waals surface area contributed by atoms with Gasteiger partial charge >= 0.3 is 6.09 Å². The molecule has 2 aliphatic rings. The molecule has 2 aromatic heterocycles. The van der Waals surface area contributed by atoms with Crippen molar-refractivity contribution in [1.82, 2.24) is 30.1 Å². The van der Waals surface area contributed by atoms with E-state index in [1.165, 1.54) is 0 Å². The van der Waals surface area contributed by atoms with E-state index in [-0.39, 0.29) is 23.8 Å². The molecule has 0 spiro atoms. The number of hydrogen-bond donors (Lipinski definition) is 2. The Labute approximate surface area is 205 Å². The van der Waals surface area contributed by atoms with Crippen LogP contribution in [0.1, 0.15) is 75.9 Å².